The third-order valence-electron chi connectivity index (χ3n) is 2.81. The number of benzene rings is 1. The van der Waals surface area contributed by atoms with Crippen LogP contribution in [-0.2, 0) is 12.7 Å². The van der Waals surface area contributed by atoms with E-state index in [1.54, 1.807) is 0 Å². The number of carbonyl (C=O) groups is 1. The number of hydrogen-bond donors (Lipinski definition) is 2. The summed E-state index contributed by atoms with van der Waals surface area (Å²) >= 11 is 0. The summed E-state index contributed by atoms with van der Waals surface area (Å²) in [5, 5.41) is 2.39. The predicted molar refractivity (Wildman–Crippen MR) is 69.7 cm³/mol. The molecule has 0 atom stereocenters. The Hall–Kier alpha value is -2.57. The number of H-pyrrole nitrogens is 1. The fraction of sp³-hybridized carbons (Fsp3) is 0.143. The summed E-state index contributed by atoms with van der Waals surface area (Å²) in [6, 6.07) is 7.48. The van der Waals surface area contributed by atoms with Crippen molar-refractivity contribution < 1.29 is 18.0 Å². The molecule has 0 saturated carbocycles. The zero-order valence-corrected chi connectivity index (χ0v) is 10.7. The van der Waals surface area contributed by atoms with Gasteiger partial charge in [0.2, 0.25) is 5.56 Å². The Kier molecular flexibility index (Phi) is 4.11. The molecule has 0 fully saturated rings. The molecule has 0 bridgehead atoms. The Balaban J connectivity index is 2.12. The smallest absolute Gasteiger partial charge is 0.348 e. The van der Waals surface area contributed by atoms with Crippen molar-refractivity contribution in [2.75, 3.05) is 0 Å². The summed E-state index contributed by atoms with van der Waals surface area (Å²) < 4.78 is 38.4. The minimum absolute atomic E-state index is 0.0252. The Bertz CT molecular complexity index is 687. The van der Waals surface area contributed by atoms with Gasteiger partial charge in [-0.1, -0.05) is 18.2 Å². The number of aromatic amines is 1. The van der Waals surface area contributed by atoms with Gasteiger partial charge in [-0.25, -0.2) is 0 Å². The van der Waals surface area contributed by atoms with Crippen LogP contribution in [0.1, 0.15) is 21.5 Å². The monoisotopic (exact) mass is 296 g/mol. The zero-order valence-electron chi connectivity index (χ0n) is 10.7. The van der Waals surface area contributed by atoms with Gasteiger partial charge < -0.3 is 10.3 Å². The molecule has 2 N–H and O–H groups in total. The Morgan fingerprint density at radius 1 is 1.14 bits per heavy atom. The first-order chi connectivity index (χ1) is 9.88. The maximum Gasteiger partial charge on any atom is 0.416 e. The number of halogens is 3. The summed E-state index contributed by atoms with van der Waals surface area (Å²) in [4.78, 5) is 25.0. The summed E-state index contributed by atoms with van der Waals surface area (Å²) in [5.41, 5.74) is -1.01. The van der Waals surface area contributed by atoms with Gasteiger partial charge in [0.15, 0.2) is 0 Å². The molecule has 1 aromatic carbocycles. The van der Waals surface area contributed by atoms with E-state index in [1.165, 1.54) is 36.5 Å². The standard InChI is InChI=1S/C14H11F3N2O2/c15-14(16,17)11-4-2-1-3-9(11)7-19-13(21)10-5-6-12(20)18-8-10/h1-6,8H,7H2,(H,18,20)(H,19,21). The van der Waals surface area contributed by atoms with Crippen LogP contribution in [0.25, 0.3) is 0 Å². The predicted octanol–water partition coefficient (Wildman–Crippen LogP) is 2.32. The number of alkyl halides is 3. The van der Waals surface area contributed by atoms with E-state index in [2.05, 4.69) is 10.3 Å². The molecular formula is C14H11F3N2O2. The zero-order chi connectivity index (χ0) is 15.5. The quantitative estimate of drug-likeness (QED) is 0.913. The van der Waals surface area contributed by atoms with Crippen LogP contribution in [0.15, 0.2) is 47.4 Å². The summed E-state index contributed by atoms with van der Waals surface area (Å²) in [6.07, 6.45) is -3.27. The van der Waals surface area contributed by atoms with E-state index in [1.807, 2.05) is 0 Å². The minimum atomic E-state index is -4.47. The van der Waals surface area contributed by atoms with E-state index >= 15 is 0 Å². The van der Waals surface area contributed by atoms with Crippen molar-refractivity contribution in [1.29, 1.82) is 0 Å². The highest BCUT2D eigenvalue weighted by atomic mass is 19.4. The second-order valence-electron chi connectivity index (χ2n) is 4.28. The molecular weight excluding hydrogens is 285 g/mol. The molecule has 2 aromatic rings. The molecule has 4 nitrogen and oxygen atoms in total. The molecule has 2 rings (SSSR count). The van der Waals surface area contributed by atoms with Gasteiger partial charge in [-0.15, -0.1) is 0 Å². The second kappa shape index (κ2) is 5.82. The second-order valence-corrected chi connectivity index (χ2v) is 4.28. The molecule has 1 heterocycles. The van der Waals surface area contributed by atoms with Gasteiger partial charge in [0.25, 0.3) is 5.91 Å². The summed E-state index contributed by atoms with van der Waals surface area (Å²) in [6.45, 7) is -0.256. The summed E-state index contributed by atoms with van der Waals surface area (Å²) in [5.74, 6) is -0.566. The van der Waals surface area contributed by atoms with E-state index in [-0.39, 0.29) is 23.2 Å². The minimum Gasteiger partial charge on any atom is -0.348 e. The maximum atomic E-state index is 12.8. The molecule has 1 amide bonds. The first-order valence-electron chi connectivity index (χ1n) is 6.00. The Morgan fingerprint density at radius 3 is 2.48 bits per heavy atom. The van der Waals surface area contributed by atoms with E-state index < -0.39 is 17.6 Å². The van der Waals surface area contributed by atoms with Gasteiger partial charge in [0, 0.05) is 18.8 Å². The van der Waals surface area contributed by atoms with Crippen LogP contribution in [0.2, 0.25) is 0 Å². The van der Waals surface area contributed by atoms with Crippen LogP contribution in [0.4, 0.5) is 13.2 Å². The first-order valence-corrected chi connectivity index (χ1v) is 6.00. The molecule has 0 aliphatic carbocycles. The van der Waals surface area contributed by atoms with Crippen molar-refractivity contribution in [1.82, 2.24) is 10.3 Å². The number of amides is 1. The lowest BCUT2D eigenvalue weighted by Gasteiger charge is -2.13. The average molecular weight is 296 g/mol. The number of hydrogen-bond acceptors (Lipinski definition) is 2. The van der Waals surface area contributed by atoms with Gasteiger partial charge in [-0.05, 0) is 17.7 Å². The molecule has 0 saturated heterocycles. The lowest BCUT2D eigenvalue weighted by Crippen LogP contribution is -2.25. The van der Waals surface area contributed by atoms with Crippen molar-refractivity contribution in [3.05, 3.63) is 69.6 Å². The largest absolute Gasteiger partial charge is 0.416 e. The fourth-order valence-corrected chi connectivity index (χ4v) is 1.78. The van der Waals surface area contributed by atoms with Crippen LogP contribution >= 0.6 is 0 Å². The van der Waals surface area contributed by atoms with E-state index in [9.17, 15) is 22.8 Å². The maximum absolute atomic E-state index is 12.8. The molecule has 110 valence electrons. The van der Waals surface area contributed by atoms with Crippen LogP contribution in [0.3, 0.4) is 0 Å². The Labute approximate surface area is 117 Å². The summed E-state index contributed by atoms with van der Waals surface area (Å²) in [7, 11) is 0. The van der Waals surface area contributed by atoms with Crippen molar-refractivity contribution in [2.24, 2.45) is 0 Å². The topological polar surface area (TPSA) is 62.0 Å². The van der Waals surface area contributed by atoms with Gasteiger partial charge in [-0.2, -0.15) is 13.2 Å². The molecule has 7 heteroatoms. The number of nitrogens with one attached hydrogen (secondary N) is 2. The van der Waals surface area contributed by atoms with E-state index in [4.69, 9.17) is 0 Å². The van der Waals surface area contributed by atoms with Gasteiger partial charge in [0.1, 0.15) is 0 Å². The van der Waals surface area contributed by atoms with Crippen LogP contribution in [-0.4, -0.2) is 10.9 Å². The number of carbonyl (C=O) groups excluding carboxylic acids is 1. The van der Waals surface area contributed by atoms with Gasteiger partial charge >= 0.3 is 6.18 Å². The van der Waals surface area contributed by atoms with E-state index in [0.29, 0.717) is 0 Å². The first kappa shape index (κ1) is 14.8. The van der Waals surface area contributed by atoms with E-state index in [0.717, 1.165) is 6.07 Å². The van der Waals surface area contributed by atoms with Crippen molar-refractivity contribution >= 4 is 5.91 Å². The van der Waals surface area contributed by atoms with Crippen molar-refractivity contribution in [3.8, 4) is 0 Å². The van der Waals surface area contributed by atoms with Crippen LogP contribution in [0.5, 0.6) is 0 Å². The fourth-order valence-electron chi connectivity index (χ4n) is 1.78. The SMILES string of the molecule is O=C(NCc1ccccc1C(F)(F)F)c1ccc(=O)[nH]c1. The molecule has 1 aromatic heterocycles. The number of aromatic nitrogens is 1. The molecule has 0 aliphatic heterocycles. The van der Waals surface area contributed by atoms with Crippen LogP contribution in [0, 0.1) is 0 Å². The van der Waals surface area contributed by atoms with Crippen LogP contribution < -0.4 is 10.9 Å². The third kappa shape index (κ3) is 3.71. The molecule has 0 radical (unpaired) electrons. The third-order valence-corrected chi connectivity index (χ3v) is 2.81. The van der Waals surface area contributed by atoms with Crippen molar-refractivity contribution in [2.45, 2.75) is 12.7 Å². The van der Waals surface area contributed by atoms with Gasteiger partial charge in [0.05, 0.1) is 11.1 Å². The highest BCUT2D eigenvalue weighted by Gasteiger charge is 2.32. The number of rotatable bonds is 3. The Morgan fingerprint density at radius 2 is 1.86 bits per heavy atom. The molecule has 0 spiro atoms. The molecule has 0 aliphatic rings. The normalized spacial score (nSPS) is 11.2. The average Bonchev–Trinajstić information content (AvgIpc) is 2.45. The lowest BCUT2D eigenvalue weighted by molar-refractivity contribution is -0.138. The molecule has 0 unspecified atom stereocenters. The van der Waals surface area contributed by atoms with Gasteiger partial charge in [-0.3, -0.25) is 9.59 Å². The highest BCUT2D eigenvalue weighted by molar-refractivity contribution is 5.93. The number of pyridine rings is 1. The lowest BCUT2D eigenvalue weighted by atomic mass is 10.1. The van der Waals surface area contributed by atoms with Crippen molar-refractivity contribution in [3.63, 3.8) is 0 Å². The molecule has 21 heavy (non-hydrogen) atoms. The highest BCUT2D eigenvalue weighted by Crippen LogP contribution is 2.31.